The molecule has 3 rings (SSSR count). The number of sulfonamides is 1. The van der Waals surface area contributed by atoms with Crippen molar-refractivity contribution in [2.24, 2.45) is 0 Å². The highest BCUT2D eigenvalue weighted by molar-refractivity contribution is 7.90. The van der Waals surface area contributed by atoms with E-state index in [1.807, 2.05) is 13.0 Å². The van der Waals surface area contributed by atoms with Crippen LogP contribution in [0.25, 0.3) is 0 Å². The van der Waals surface area contributed by atoms with Gasteiger partial charge >= 0.3 is 0 Å². The van der Waals surface area contributed by atoms with E-state index in [-0.39, 0.29) is 9.92 Å². The van der Waals surface area contributed by atoms with Crippen LogP contribution in [0.2, 0.25) is 10.0 Å². The summed E-state index contributed by atoms with van der Waals surface area (Å²) in [5.41, 5.74) is 0.805. The average Bonchev–Trinajstić information content (AvgIpc) is 2.96. The molecule has 0 aromatic heterocycles. The second kappa shape index (κ2) is 6.63. The molecule has 0 bridgehead atoms. The molecule has 0 spiro atoms. The van der Waals surface area contributed by atoms with Crippen LogP contribution >= 0.6 is 23.2 Å². The third kappa shape index (κ3) is 3.05. The van der Waals surface area contributed by atoms with Crippen LogP contribution in [0.1, 0.15) is 30.9 Å². The molecule has 2 aromatic rings. The Morgan fingerprint density at radius 2 is 1.80 bits per heavy atom. The van der Waals surface area contributed by atoms with Crippen molar-refractivity contribution in [3.8, 4) is 0 Å². The molecular weight excluding hydrogens is 381 g/mol. The first-order valence-electron chi connectivity index (χ1n) is 7.91. The first-order chi connectivity index (χ1) is 11.8. The topological polar surface area (TPSA) is 63.2 Å². The fourth-order valence-electron chi connectivity index (χ4n) is 3.44. The molecule has 1 unspecified atom stereocenters. The zero-order chi connectivity index (χ0) is 18.2. The van der Waals surface area contributed by atoms with Crippen LogP contribution in [0.3, 0.4) is 0 Å². The van der Waals surface area contributed by atoms with E-state index in [1.54, 1.807) is 24.3 Å². The number of hydrogen-bond acceptors (Lipinski definition) is 3. The lowest BCUT2D eigenvalue weighted by atomic mass is 9.79. The highest BCUT2D eigenvalue weighted by atomic mass is 35.5. The molecule has 1 aliphatic carbocycles. The van der Waals surface area contributed by atoms with Crippen molar-refractivity contribution < 1.29 is 13.2 Å². The van der Waals surface area contributed by atoms with E-state index >= 15 is 0 Å². The first-order valence-corrected chi connectivity index (χ1v) is 10.2. The van der Waals surface area contributed by atoms with Crippen LogP contribution in [-0.4, -0.2) is 14.3 Å². The zero-order valence-corrected chi connectivity index (χ0v) is 15.9. The molecule has 0 fully saturated rings. The van der Waals surface area contributed by atoms with Gasteiger partial charge in [0, 0.05) is 5.02 Å². The van der Waals surface area contributed by atoms with Crippen LogP contribution in [0.15, 0.2) is 47.4 Å². The molecule has 1 aliphatic rings. The van der Waals surface area contributed by atoms with Gasteiger partial charge in [0.2, 0.25) is 5.91 Å². The van der Waals surface area contributed by atoms with E-state index < -0.39 is 21.3 Å². The fourth-order valence-corrected chi connectivity index (χ4v) is 5.28. The average molecular weight is 398 g/mol. The fraction of sp³-hybridized carbons (Fsp3) is 0.278. The van der Waals surface area contributed by atoms with Crippen molar-refractivity contribution in [1.82, 2.24) is 4.72 Å². The Morgan fingerprint density at radius 1 is 1.12 bits per heavy atom. The Balaban J connectivity index is 1.99. The summed E-state index contributed by atoms with van der Waals surface area (Å²) < 4.78 is 27.4. The smallest absolute Gasteiger partial charge is 0.265 e. The molecule has 0 radical (unpaired) electrons. The zero-order valence-electron chi connectivity index (χ0n) is 13.6. The van der Waals surface area contributed by atoms with Gasteiger partial charge in [0.1, 0.15) is 4.90 Å². The highest BCUT2D eigenvalue weighted by Gasteiger charge is 2.45. The van der Waals surface area contributed by atoms with Gasteiger partial charge in [-0.15, -0.1) is 0 Å². The Kier molecular flexibility index (Phi) is 4.84. The Hall–Kier alpha value is -1.56. The van der Waals surface area contributed by atoms with E-state index in [0.717, 1.165) is 11.1 Å². The third-order valence-electron chi connectivity index (χ3n) is 4.83. The van der Waals surface area contributed by atoms with E-state index in [4.69, 9.17) is 23.2 Å². The van der Waals surface area contributed by atoms with Crippen molar-refractivity contribution in [3.05, 3.63) is 63.6 Å². The maximum atomic E-state index is 13.0. The van der Waals surface area contributed by atoms with Crippen molar-refractivity contribution >= 4 is 39.1 Å². The van der Waals surface area contributed by atoms with Crippen LogP contribution in [0, 0.1) is 0 Å². The number of amides is 1. The number of benzene rings is 2. The lowest BCUT2D eigenvalue weighted by Gasteiger charge is -2.27. The van der Waals surface area contributed by atoms with Crippen molar-refractivity contribution in [1.29, 1.82) is 0 Å². The van der Waals surface area contributed by atoms with Gasteiger partial charge in [-0.1, -0.05) is 54.4 Å². The summed E-state index contributed by atoms with van der Waals surface area (Å²) in [7, 11) is -4.05. The van der Waals surface area contributed by atoms with Gasteiger partial charge in [0.05, 0.1) is 10.4 Å². The summed E-state index contributed by atoms with van der Waals surface area (Å²) in [6.07, 6.45) is 1.64. The van der Waals surface area contributed by atoms with E-state index in [9.17, 15) is 13.2 Å². The minimum absolute atomic E-state index is 0.0724. The van der Waals surface area contributed by atoms with Crippen molar-refractivity contribution in [2.45, 2.75) is 36.5 Å². The van der Waals surface area contributed by atoms with Crippen LogP contribution in [-0.2, 0) is 26.7 Å². The van der Waals surface area contributed by atoms with Gasteiger partial charge in [-0.25, -0.2) is 13.1 Å². The molecule has 4 nitrogen and oxygen atoms in total. The second-order valence-electron chi connectivity index (χ2n) is 6.07. The summed E-state index contributed by atoms with van der Waals surface area (Å²) in [6, 6.07) is 11.4. The van der Waals surface area contributed by atoms with E-state index in [2.05, 4.69) is 4.72 Å². The molecule has 0 saturated carbocycles. The molecule has 25 heavy (non-hydrogen) atoms. The standard InChI is InChI=1S/C18H17Cl2NO3S/c1-2-18(11-10-12-13(18)6-5-8-14(12)19)17(22)21-25(23,24)16-9-4-3-7-15(16)20/h3-9H,2,10-11H2,1H3,(H,21,22). The highest BCUT2D eigenvalue weighted by Crippen LogP contribution is 2.44. The van der Waals surface area contributed by atoms with E-state index in [0.29, 0.717) is 24.3 Å². The molecule has 0 saturated heterocycles. The Bertz CT molecular complexity index is 943. The molecule has 132 valence electrons. The lowest BCUT2D eigenvalue weighted by molar-refractivity contribution is -0.125. The maximum absolute atomic E-state index is 13.0. The number of nitrogens with one attached hydrogen (secondary N) is 1. The second-order valence-corrected chi connectivity index (χ2v) is 8.53. The summed E-state index contributed by atoms with van der Waals surface area (Å²) in [5.74, 6) is -0.545. The predicted octanol–water partition coefficient (Wildman–Crippen LogP) is 4.09. The first kappa shape index (κ1) is 18.2. The molecular formula is C18H17Cl2NO3S. The number of fused-ring (bicyclic) bond motifs is 1. The molecule has 0 aliphatic heterocycles. The van der Waals surface area contributed by atoms with Gasteiger partial charge in [-0.2, -0.15) is 0 Å². The minimum Gasteiger partial charge on any atom is -0.273 e. The number of halogens is 2. The molecule has 1 N–H and O–H groups in total. The monoisotopic (exact) mass is 397 g/mol. The van der Waals surface area contributed by atoms with Gasteiger partial charge < -0.3 is 0 Å². The third-order valence-corrected chi connectivity index (χ3v) is 7.01. The maximum Gasteiger partial charge on any atom is 0.265 e. The van der Waals surface area contributed by atoms with Crippen LogP contribution < -0.4 is 4.72 Å². The molecule has 7 heteroatoms. The Labute approximate surface area is 157 Å². The summed E-state index contributed by atoms with van der Waals surface area (Å²) >= 11 is 12.2. The number of carbonyl (C=O) groups is 1. The quantitative estimate of drug-likeness (QED) is 0.844. The van der Waals surface area contributed by atoms with E-state index in [1.165, 1.54) is 12.1 Å². The molecule has 2 aromatic carbocycles. The number of carbonyl (C=O) groups excluding carboxylic acids is 1. The molecule has 0 heterocycles. The van der Waals surface area contributed by atoms with Gasteiger partial charge in [0.25, 0.3) is 10.0 Å². The van der Waals surface area contributed by atoms with Gasteiger partial charge in [-0.05, 0) is 48.6 Å². The SMILES string of the molecule is CCC1(C(=O)NS(=O)(=O)c2ccccc2Cl)CCc2c(Cl)cccc21. The predicted molar refractivity (Wildman–Crippen MR) is 98.5 cm³/mol. The normalized spacial score (nSPS) is 19.5. The largest absolute Gasteiger partial charge is 0.273 e. The van der Waals surface area contributed by atoms with Crippen molar-refractivity contribution in [2.75, 3.05) is 0 Å². The van der Waals surface area contributed by atoms with Gasteiger partial charge in [0.15, 0.2) is 0 Å². The lowest BCUT2D eigenvalue weighted by Crippen LogP contribution is -2.45. The number of hydrogen-bond donors (Lipinski definition) is 1. The summed E-state index contributed by atoms with van der Waals surface area (Å²) in [5, 5.41) is 0.679. The minimum atomic E-state index is -4.05. The van der Waals surface area contributed by atoms with Crippen LogP contribution in [0.5, 0.6) is 0 Å². The van der Waals surface area contributed by atoms with Crippen molar-refractivity contribution in [3.63, 3.8) is 0 Å². The Morgan fingerprint density at radius 3 is 2.48 bits per heavy atom. The summed E-state index contributed by atoms with van der Waals surface area (Å²) in [6.45, 7) is 1.87. The summed E-state index contributed by atoms with van der Waals surface area (Å²) in [4.78, 5) is 12.9. The van der Waals surface area contributed by atoms with Gasteiger partial charge in [-0.3, -0.25) is 4.79 Å². The molecule has 1 amide bonds. The number of rotatable bonds is 4. The van der Waals surface area contributed by atoms with Crippen LogP contribution in [0.4, 0.5) is 0 Å². The molecule has 1 atom stereocenters.